The van der Waals surface area contributed by atoms with E-state index in [1.54, 1.807) is 12.5 Å². The van der Waals surface area contributed by atoms with Crippen LogP contribution in [0.25, 0.3) is 0 Å². The molecule has 2 atom stereocenters. The third-order valence-electron chi connectivity index (χ3n) is 3.68. The molecule has 2 N–H and O–H groups in total. The molecule has 1 aliphatic carbocycles. The molecule has 104 valence electrons. The number of nitrogens with zero attached hydrogens (tertiary/aromatic N) is 2. The Kier molecular flexibility index (Phi) is 3.52. The van der Waals surface area contributed by atoms with Gasteiger partial charge in [-0.1, -0.05) is 24.3 Å². The number of hydrogen-bond donors (Lipinski definition) is 2. The third kappa shape index (κ3) is 2.58. The van der Waals surface area contributed by atoms with E-state index < -0.39 is 6.10 Å². The zero-order valence-corrected chi connectivity index (χ0v) is 11.1. The van der Waals surface area contributed by atoms with Crippen molar-refractivity contribution in [1.82, 2.24) is 14.9 Å². The summed E-state index contributed by atoms with van der Waals surface area (Å²) in [4.78, 5) is 15.9. The van der Waals surface area contributed by atoms with E-state index >= 15 is 0 Å². The second kappa shape index (κ2) is 5.46. The van der Waals surface area contributed by atoms with Gasteiger partial charge in [0, 0.05) is 31.8 Å². The van der Waals surface area contributed by atoms with Gasteiger partial charge in [-0.25, -0.2) is 4.98 Å². The molecular formula is C15H17N3O2. The number of rotatable bonds is 4. The number of fused-ring (bicyclic) bond motifs is 1. The van der Waals surface area contributed by atoms with Crippen molar-refractivity contribution in [2.75, 3.05) is 0 Å². The van der Waals surface area contributed by atoms with E-state index in [4.69, 9.17) is 0 Å². The van der Waals surface area contributed by atoms with Gasteiger partial charge in [-0.15, -0.1) is 0 Å². The Hall–Kier alpha value is -2.14. The fourth-order valence-corrected chi connectivity index (χ4v) is 2.64. The number of hydrogen-bond acceptors (Lipinski definition) is 3. The van der Waals surface area contributed by atoms with Crippen LogP contribution in [0.2, 0.25) is 0 Å². The van der Waals surface area contributed by atoms with Crippen molar-refractivity contribution < 1.29 is 9.90 Å². The summed E-state index contributed by atoms with van der Waals surface area (Å²) in [6, 6.07) is 7.56. The molecule has 1 aromatic carbocycles. The van der Waals surface area contributed by atoms with Crippen LogP contribution in [0.5, 0.6) is 0 Å². The molecule has 0 spiro atoms. The van der Waals surface area contributed by atoms with E-state index in [0.29, 0.717) is 19.4 Å². The zero-order chi connectivity index (χ0) is 13.9. The summed E-state index contributed by atoms with van der Waals surface area (Å²) in [7, 11) is 0. The predicted octanol–water partition coefficient (Wildman–Crippen LogP) is 1.05. The van der Waals surface area contributed by atoms with Crippen LogP contribution in [0.1, 0.15) is 23.6 Å². The summed E-state index contributed by atoms with van der Waals surface area (Å²) >= 11 is 0. The van der Waals surface area contributed by atoms with E-state index in [2.05, 4.69) is 10.3 Å². The number of imidazole rings is 1. The van der Waals surface area contributed by atoms with Gasteiger partial charge < -0.3 is 15.0 Å². The van der Waals surface area contributed by atoms with Crippen molar-refractivity contribution in [3.8, 4) is 0 Å². The van der Waals surface area contributed by atoms with Gasteiger partial charge >= 0.3 is 0 Å². The van der Waals surface area contributed by atoms with E-state index in [1.165, 1.54) is 0 Å². The summed E-state index contributed by atoms with van der Waals surface area (Å²) < 4.78 is 1.86. The Balaban J connectivity index is 1.61. The van der Waals surface area contributed by atoms with Crippen LogP contribution >= 0.6 is 0 Å². The molecule has 0 fully saturated rings. The number of aromatic nitrogens is 2. The molecule has 5 heteroatoms. The molecule has 1 aromatic heterocycles. The smallest absolute Gasteiger partial charge is 0.222 e. The van der Waals surface area contributed by atoms with Gasteiger partial charge in [-0.3, -0.25) is 4.79 Å². The largest absolute Gasteiger partial charge is 0.390 e. The van der Waals surface area contributed by atoms with E-state index in [9.17, 15) is 9.90 Å². The fourth-order valence-electron chi connectivity index (χ4n) is 2.64. The predicted molar refractivity (Wildman–Crippen MR) is 73.9 cm³/mol. The van der Waals surface area contributed by atoms with Crippen LogP contribution in [-0.2, 0) is 17.8 Å². The number of carbonyl (C=O) groups is 1. The Labute approximate surface area is 117 Å². The fraction of sp³-hybridized carbons (Fsp3) is 0.333. The van der Waals surface area contributed by atoms with Gasteiger partial charge in [-0.2, -0.15) is 0 Å². The summed E-state index contributed by atoms with van der Waals surface area (Å²) in [5, 5.41) is 13.0. The van der Waals surface area contributed by atoms with E-state index in [-0.39, 0.29) is 11.9 Å². The molecule has 1 aliphatic rings. The molecule has 1 amide bonds. The molecular weight excluding hydrogens is 254 g/mol. The Morgan fingerprint density at radius 2 is 2.30 bits per heavy atom. The molecule has 0 saturated heterocycles. The van der Waals surface area contributed by atoms with Gasteiger partial charge in [0.1, 0.15) is 0 Å². The van der Waals surface area contributed by atoms with Crippen molar-refractivity contribution in [1.29, 1.82) is 0 Å². The summed E-state index contributed by atoms with van der Waals surface area (Å²) in [5.74, 6) is -0.0561. The lowest BCUT2D eigenvalue weighted by Crippen LogP contribution is -2.34. The molecule has 0 unspecified atom stereocenters. The number of aliphatic hydroxyl groups excluding tert-OH is 1. The maximum Gasteiger partial charge on any atom is 0.222 e. The summed E-state index contributed by atoms with van der Waals surface area (Å²) in [6.45, 7) is 0.594. The molecule has 3 rings (SSSR count). The lowest BCUT2D eigenvalue weighted by molar-refractivity contribution is -0.122. The van der Waals surface area contributed by atoms with Gasteiger partial charge in [0.15, 0.2) is 0 Å². The lowest BCUT2D eigenvalue weighted by atomic mass is 10.1. The number of nitrogens with one attached hydrogen (secondary N) is 1. The Bertz CT molecular complexity index is 595. The van der Waals surface area contributed by atoms with Gasteiger partial charge in [0.2, 0.25) is 5.91 Å². The first-order valence-corrected chi connectivity index (χ1v) is 6.75. The molecule has 0 bridgehead atoms. The highest BCUT2D eigenvalue weighted by atomic mass is 16.3. The molecule has 0 aliphatic heterocycles. The SMILES string of the molecule is O=C(CCn1ccnc1)N[C@H]1c2ccccc2C[C@H]1O. The maximum atomic E-state index is 12.0. The number of benzene rings is 1. The second-order valence-electron chi connectivity index (χ2n) is 5.07. The molecule has 0 saturated carbocycles. The topological polar surface area (TPSA) is 67.2 Å². The minimum Gasteiger partial charge on any atom is -0.390 e. The first kappa shape index (κ1) is 12.9. The monoisotopic (exact) mass is 271 g/mol. The average Bonchev–Trinajstić information content (AvgIpc) is 3.06. The second-order valence-corrected chi connectivity index (χ2v) is 5.07. The van der Waals surface area contributed by atoms with Crippen LogP contribution in [0.15, 0.2) is 43.0 Å². The minimum atomic E-state index is -0.537. The Morgan fingerprint density at radius 3 is 3.10 bits per heavy atom. The van der Waals surface area contributed by atoms with Gasteiger partial charge in [-0.05, 0) is 11.1 Å². The van der Waals surface area contributed by atoms with E-state index in [1.807, 2.05) is 35.0 Å². The number of aliphatic hydroxyl groups is 1. The quantitative estimate of drug-likeness (QED) is 0.873. The van der Waals surface area contributed by atoms with Crippen molar-refractivity contribution >= 4 is 5.91 Å². The van der Waals surface area contributed by atoms with Crippen molar-refractivity contribution in [3.05, 3.63) is 54.1 Å². The third-order valence-corrected chi connectivity index (χ3v) is 3.68. The normalized spacial score (nSPS) is 20.6. The van der Waals surface area contributed by atoms with Gasteiger partial charge in [0.05, 0.1) is 18.5 Å². The summed E-state index contributed by atoms with van der Waals surface area (Å²) in [6.07, 6.45) is 5.64. The maximum absolute atomic E-state index is 12.0. The van der Waals surface area contributed by atoms with E-state index in [0.717, 1.165) is 11.1 Å². The highest BCUT2D eigenvalue weighted by Crippen LogP contribution is 2.31. The van der Waals surface area contributed by atoms with Crippen molar-refractivity contribution in [3.63, 3.8) is 0 Å². The molecule has 20 heavy (non-hydrogen) atoms. The highest BCUT2D eigenvalue weighted by molar-refractivity contribution is 5.76. The summed E-state index contributed by atoms with van der Waals surface area (Å²) in [5.41, 5.74) is 2.14. The van der Waals surface area contributed by atoms with Crippen LogP contribution in [0.3, 0.4) is 0 Å². The number of amides is 1. The van der Waals surface area contributed by atoms with Crippen molar-refractivity contribution in [2.24, 2.45) is 0 Å². The zero-order valence-electron chi connectivity index (χ0n) is 11.1. The minimum absolute atomic E-state index is 0.0561. The standard InChI is InChI=1S/C15H17N3O2/c19-13-9-11-3-1-2-4-12(11)15(13)17-14(20)5-7-18-8-6-16-10-18/h1-4,6,8,10,13,15,19H,5,7,9H2,(H,17,20)/t13-,15+/m1/s1. The molecule has 1 heterocycles. The Morgan fingerprint density at radius 1 is 1.45 bits per heavy atom. The molecule has 2 aromatic rings. The number of carbonyl (C=O) groups excluding carboxylic acids is 1. The molecule has 0 radical (unpaired) electrons. The van der Waals surface area contributed by atoms with Crippen molar-refractivity contribution in [2.45, 2.75) is 31.5 Å². The molecule has 5 nitrogen and oxygen atoms in total. The first-order chi connectivity index (χ1) is 9.74. The van der Waals surface area contributed by atoms with Gasteiger partial charge in [0.25, 0.3) is 0 Å². The van der Waals surface area contributed by atoms with Crippen LogP contribution in [0.4, 0.5) is 0 Å². The van der Waals surface area contributed by atoms with Crippen LogP contribution < -0.4 is 5.32 Å². The highest BCUT2D eigenvalue weighted by Gasteiger charge is 2.31. The van der Waals surface area contributed by atoms with Crippen LogP contribution in [0, 0.1) is 0 Å². The van der Waals surface area contributed by atoms with Crippen LogP contribution in [-0.4, -0.2) is 26.7 Å². The lowest BCUT2D eigenvalue weighted by Gasteiger charge is -2.18. The average molecular weight is 271 g/mol. The number of aryl methyl sites for hydroxylation is 1. The first-order valence-electron chi connectivity index (χ1n) is 6.75.